The Balaban J connectivity index is 1.83. The first-order chi connectivity index (χ1) is 8.33. The molecule has 0 unspecified atom stereocenters. The van der Waals surface area contributed by atoms with E-state index in [0.717, 1.165) is 25.4 Å². The van der Waals surface area contributed by atoms with Crippen molar-refractivity contribution in [2.75, 3.05) is 19.7 Å². The van der Waals surface area contributed by atoms with Crippen LogP contribution in [0.2, 0.25) is 0 Å². The lowest BCUT2D eigenvalue weighted by atomic mass is 9.87. The second-order valence-corrected chi connectivity index (χ2v) is 4.77. The number of esters is 1. The van der Waals surface area contributed by atoms with Crippen LogP contribution in [-0.4, -0.2) is 25.7 Å². The molecule has 1 fully saturated rings. The van der Waals surface area contributed by atoms with E-state index in [0.29, 0.717) is 6.61 Å². The summed E-state index contributed by atoms with van der Waals surface area (Å²) in [6.45, 7) is 5.86. The fourth-order valence-electron chi connectivity index (χ4n) is 2.34. The minimum Gasteiger partial charge on any atom is -0.462 e. The maximum absolute atomic E-state index is 10.7. The highest BCUT2D eigenvalue weighted by molar-refractivity contribution is 5.81. The zero-order valence-electron chi connectivity index (χ0n) is 10.7. The largest absolute Gasteiger partial charge is 0.462 e. The Morgan fingerprint density at radius 1 is 1.29 bits per heavy atom. The molecule has 1 aliphatic carbocycles. The van der Waals surface area contributed by atoms with Crippen LogP contribution in [0.5, 0.6) is 0 Å². The van der Waals surface area contributed by atoms with E-state index in [9.17, 15) is 4.79 Å². The summed E-state index contributed by atoms with van der Waals surface area (Å²) in [6.07, 6.45) is 10.5. The Hall–Kier alpha value is -0.830. The van der Waals surface area contributed by atoms with Gasteiger partial charge in [-0.15, -0.1) is 0 Å². The molecule has 1 saturated carbocycles. The molecule has 0 aromatic heterocycles. The standard InChI is InChI=1S/C14H25NO2/c1-2-14(16)17-12-6-10-15-11-9-13-7-4-3-5-8-13/h2,13,15H,1,3-12H2. The number of ether oxygens (including phenoxy) is 1. The summed E-state index contributed by atoms with van der Waals surface area (Å²) >= 11 is 0. The topological polar surface area (TPSA) is 38.3 Å². The highest BCUT2D eigenvalue weighted by Gasteiger charge is 2.12. The van der Waals surface area contributed by atoms with Crippen LogP contribution in [0.1, 0.15) is 44.9 Å². The van der Waals surface area contributed by atoms with Crippen molar-refractivity contribution in [1.82, 2.24) is 5.32 Å². The molecule has 1 N–H and O–H groups in total. The highest BCUT2D eigenvalue weighted by Crippen LogP contribution is 2.25. The monoisotopic (exact) mass is 239 g/mol. The van der Waals surface area contributed by atoms with Crippen molar-refractivity contribution in [3.8, 4) is 0 Å². The molecule has 3 nitrogen and oxygen atoms in total. The third-order valence-electron chi connectivity index (χ3n) is 3.36. The normalized spacial score (nSPS) is 16.7. The Morgan fingerprint density at radius 3 is 2.76 bits per heavy atom. The van der Waals surface area contributed by atoms with Crippen LogP contribution < -0.4 is 5.32 Å². The van der Waals surface area contributed by atoms with Gasteiger partial charge in [-0.25, -0.2) is 4.79 Å². The van der Waals surface area contributed by atoms with E-state index in [4.69, 9.17) is 4.74 Å². The molecule has 3 heteroatoms. The van der Waals surface area contributed by atoms with Crippen molar-refractivity contribution in [2.45, 2.75) is 44.9 Å². The molecular formula is C14H25NO2. The van der Waals surface area contributed by atoms with E-state index in [1.807, 2.05) is 0 Å². The van der Waals surface area contributed by atoms with E-state index in [1.165, 1.54) is 44.6 Å². The van der Waals surface area contributed by atoms with Gasteiger partial charge in [0.2, 0.25) is 0 Å². The van der Waals surface area contributed by atoms with Gasteiger partial charge < -0.3 is 10.1 Å². The van der Waals surface area contributed by atoms with E-state index in [-0.39, 0.29) is 5.97 Å². The third-order valence-corrected chi connectivity index (χ3v) is 3.36. The Labute approximate surface area is 105 Å². The number of hydrogen-bond donors (Lipinski definition) is 1. The van der Waals surface area contributed by atoms with Crippen LogP contribution in [0.3, 0.4) is 0 Å². The SMILES string of the molecule is C=CC(=O)OCCCNCCC1CCCCC1. The maximum atomic E-state index is 10.7. The van der Waals surface area contributed by atoms with Gasteiger partial charge in [-0.2, -0.15) is 0 Å². The molecule has 0 amide bonds. The van der Waals surface area contributed by atoms with Gasteiger partial charge in [0, 0.05) is 6.08 Å². The summed E-state index contributed by atoms with van der Waals surface area (Å²) in [5, 5.41) is 3.41. The van der Waals surface area contributed by atoms with Crippen LogP contribution in [0, 0.1) is 5.92 Å². The second kappa shape index (κ2) is 9.23. The lowest BCUT2D eigenvalue weighted by molar-refractivity contribution is -0.137. The molecule has 0 radical (unpaired) electrons. The van der Waals surface area contributed by atoms with Crippen LogP contribution in [0.4, 0.5) is 0 Å². The van der Waals surface area contributed by atoms with Crippen LogP contribution in [0.15, 0.2) is 12.7 Å². The van der Waals surface area contributed by atoms with Crippen molar-refractivity contribution in [3.63, 3.8) is 0 Å². The Kier molecular flexibility index (Phi) is 7.72. The zero-order chi connectivity index (χ0) is 12.3. The molecule has 0 atom stereocenters. The van der Waals surface area contributed by atoms with Crippen molar-refractivity contribution >= 4 is 5.97 Å². The van der Waals surface area contributed by atoms with E-state index in [2.05, 4.69) is 11.9 Å². The van der Waals surface area contributed by atoms with Gasteiger partial charge in [0.15, 0.2) is 0 Å². The van der Waals surface area contributed by atoms with Gasteiger partial charge in [-0.1, -0.05) is 38.7 Å². The number of hydrogen-bond acceptors (Lipinski definition) is 3. The van der Waals surface area contributed by atoms with Crippen molar-refractivity contribution in [3.05, 3.63) is 12.7 Å². The third kappa shape index (κ3) is 7.16. The predicted molar refractivity (Wildman–Crippen MR) is 69.8 cm³/mol. The average molecular weight is 239 g/mol. The lowest BCUT2D eigenvalue weighted by Crippen LogP contribution is -2.21. The highest BCUT2D eigenvalue weighted by atomic mass is 16.5. The minimum atomic E-state index is -0.327. The Bertz CT molecular complexity index is 222. The fraction of sp³-hybridized carbons (Fsp3) is 0.786. The number of carbonyl (C=O) groups excluding carboxylic acids is 1. The van der Waals surface area contributed by atoms with Gasteiger partial charge >= 0.3 is 5.97 Å². The van der Waals surface area contributed by atoms with Gasteiger partial charge in [0.05, 0.1) is 6.61 Å². The van der Waals surface area contributed by atoms with Gasteiger partial charge in [-0.05, 0) is 31.8 Å². The molecule has 0 aromatic carbocycles. The molecule has 0 heterocycles. The molecule has 1 aliphatic rings. The number of nitrogens with one attached hydrogen (secondary N) is 1. The summed E-state index contributed by atoms with van der Waals surface area (Å²) < 4.78 is 4.89. The number of rotatable bonds is 8. The Morgan fingerprint density at radius 2 is 2.06 bits per heavy atom. The van der Waals surface area contributed by atoms with Crippen molar-refractivity contribution in [2.24, 2.45) is 5.92 Å². The first kappa shape index (κ1) is 14.2. The minimum absolute atomic E-state index is 0.327. The quantitative estimate of drug-likeness (QED) is 0.402. The molecule has 1 rings (SSSR count). The fourth-order valence-corrected chi connectivity index (χ4v) is 2.34. The van der Waals surface area contributed by atoms with Crippen LogP contribution in [-0.2, 0) is 9.53 Å². The molecule has 0 aliphatic heterocycles. The second-order valence-electron chi connectivity index (χ2n) is 4.77. The van der Waals surface area contributed by atoms with E-state index >= 15 is 0 Å². The molecule has 0 spiro atoms. The predicted octanol–water partition coefficient (Wildman–Crippen LogP) is 2.67. The van der Waals surface area contributed by atoms with E-state index < -0.39 is 0 Å². The van der Waals surface area contributed by atoms with Gasteiger partial charge in [0.25, 0.3) is 0 Å². The van der Waals surface area contributed by atoms with Gasteiger partial charge in [-0.3, -0.25) is 0 Å². The van der Waals surface area contributed by atoms with Crippen LogP contribution >= 0.6 is 0 Å². The summed E-state index contributed by atoms with van der Waals surface area (Å²) in [6, 6.07) is 0. The zero-order valence-corrected chi connectivity index (χ0v) is 10.7. The summed E-state index contributed by atoms with van der Waals surface area (Å²) in [7, 11) is 0. The summed E-state index contributed by atoms with van der Waals surface area (Å²) in [5.41, 5.74) is 0. The molecule has 0 aromatic rings. The van der Waals surface area contributed by atoms with Crippen molar-refractivity contribution in [1.29, 1.82) is 0 Å². The first-order valence-corrected chi connectivity index (χ1v) is 6.83. The average Bonchev–Trinajstić information content (AvgIpc) is 2.38. The van der Waals surface area contributed by atoms with Crippen LogP contribution in [0.25, 0.3) is 0 Å². The maximum Gasteiger partial charge on any atom is 0.330 e. The first-order valence-electron chi connectivity index (χ1n) is 6.83. The smallest absolute Gasteiger partial charge is 0.330 e. The van der Waals surface area contributed by atoms with Gasteiger partial charge in [0.1, 0.15) is 0 Å². The molecular weight excluding hydrogens is 214 g/mol. The molecule has 17 heavy (non-hydrogen) atoms. The molecule has 0 saturated heterocycles. The molecule has 0 bridgehead atoms. The molecule has 98 valence electrons. The van der Waals surface area contributed by atoms with Crippen molar-refractivity contribution < 1.29 is 9.53 Å². The van der Waals surface area contributed by atoms with E-state index in [1.54, 1.807) is 0 Å². The lowest BCUT2D eigenvalue weighted by Gasteiger charge is -2.21. The summed E-state index contributed by atoms with van der Waals surface area (Å²) in [4.78, 5) is 10.7. The summed E-state index contributed by atoms with van der Waals surface area (Å²) in [5.74, 6) is 0.613. The number of carbonyl (C=O) groups is 1.